The third-order valence-electron chi connectivity index (χ3n) is 2.77. The first-order chi connectivity index (χ1) is 7.53. The van der Waals surface area contributed by atoms with Crippen molar-refractivity contribution in [3.63, 3.8) is 0 Å². The summed E-state index contributed by atoms with van der Waals surface area (Å²) in [6.07, 6.45) is 0. The lowest BCUT2D eigenvalue weighted by atomic mass is 10.2. The zero-order valence-corrected chi connectivity index (χ0v) is 12.5. The Labute approximate surface area is 116 Å². The first kappa shape index (κ1) is 14.9. The van der Waals surface area contributed by atoms with Crippen molar-refractivity contribution < 1.29 is 8.42 Å². The predicted octanol–water partition coefficient (Wildman–Crippen LogP) is 1.46. The molecule has 0 aromatic heterocycles. The van der Waals surface area contributed by atoms with Crippen LogP contribution in [0.15, 0.2) is 33.6 Å². The molecule has 1 saturated heterocycles. The summed E-state index contributed by atoms with van der Waals surface area (Å²) in [5.41, 5.74) is 0. The van der Waals surface area contributed by atoms with Crippen LogP contribution in [0.3, 0.4) is 0 Å². The van der Waals surface area contributed by atoms with Crippen molar-refractivity contribution in [1.82, 2.24) is 9.62 Å². The fourth-order valence-electron chi connectivity index (χ4n) is 1.54. The third-order valence-corrected chi connectivity index (χ3v) is 5.69. The average Bonchev–Trinajstić information content (AvgIpc) is 2.15. The molecule has 0 bridgehead atoms. The van der Waals surface area contributed by atoms with E-state index in [0.717, 1.165) is 13.1 Å². The van der Waals surface area contributed by atoms with Gasteiger partial charge in [0, 0.05) is 30.7 Å². The summed E-state index contributed by atoms with van der Waals surface area (Å²) in [4.78, 5) is 0.324. The Morgan fingerprint density at radius 1 is 1.35 bits per heavy atom. The molecule has 0 atom stereocenters. The number of benzene rings is 1. The quantitative estimate of drug-likeness (QED) is 0.905. The normalized spacial score (nSPS) is 16.4. The van der Waals surface area contributed by atoms with Crippen molar-refractivity contribution >= 4 is 38.4 Å². The molecule has 1 aromatic carbocycles. The zero-order valence-electron chi connectivity index (χ0n) is 9.26. The van der Waals surface area contributed by atoms with Gasteiger partial charge in [0.05, 0.1) is 4.90 Å². The number of nitrogens with one attached hydrogen (secondary N) is 1. The van der Waals surface area contributed by atoms with Gasteiger partial charge in [0.1, 0.15) is 0 Å². The molecule has 0 saturated carbocycles. The first-order valence-corrected chi connectivity index (χ1v) is 7.20. The largest absolute Gasteiger partial charge is 0.313 e. The molecule has 17 heavy (non-hydrogen) atoms. The van der Waals surface area contributed by atoms with E-state index in [1.54, 1.807) is 31.3 Å². The maximum atomic E-state index is 12.3. The van der Waals surface area contributed by atoms with Gasteiger partial charge in [-0.2, -0.15) is 4.31 Å². The molecule has 1 aliphatic heterocycles. The highest BCUT2D eigenvalue weighted by molar-refractivity contribution is 9.10. The van der Waals surface area contributed by atoms with E-state index in [-0.39, 0.29) is 18.4 Å². The molecule has 1 aromatic rings. The van der Waals surface area contributed by atoms with Crippen LogP contribution >= 0.6 is 28.3 Å². The zero-order chi connectivity index (χ0) is 11.8. The van der Waals surface area contributed by atoms with Gasteiger partial charge in [-0.15, -0.1) is 12.4 Å². The Morgan fingerprint density at radius 2 is 1.94 bits per heavy atom. The van der Waals surface area contributed by atoms with E-state index in [9.17, 15) is 8.42 Å². The van der Waals surface area contributed by atoms with Crippen LogP contribution in [0, 0.1) is 0 Å². The van der Waals surface area contributed by atoms with E-state index in [1.165, 1.54) is 4.31 Å². The Morgan fingerprint density at radius 3 is 2.41 bits per heavy atom. The molecule has 0 spiro atoms. The molecule has 0 unspecified atom stereocenters. The van der Waals surface area contributed by atoms with E-state index in [4.69, 9.17) is 0 Å². The van der Waals surface area contributed by atoms with Crippen molar-refractivity contribution in [2.24, 2.45) is 0 Å². The smallest absolute Gasteiger partial charge is 0.244 e. The molecule has 1 aliphatic rings. The SMILES string of the molecule is CN(C1CNC1)S(=O)(=O)c1ccccc1Br.Cl. The summed E-state index contributed by atoms with van der Waals surface area (Å²) >= 11 is 3.27. The van der Waals surface area contributed by atoms with Crippen molar-refractivity contribution in [2.45, 2.75) is 10.9 Å². The number of rotatable bonds is 3. The molecule has 2 rings (SSSR count). The summed E-state index contributed by atoms with van der Waals surface area (Å²) < 4.78 is 26.6. The van der Waals surface area contributed by atoms with E-state index in [0.29, 0.717) is 9.37 Å². The van der Waals surface area contributed by atoms with E-state index in [2.05, 4.69) is 21.2 Å². The number of nitrogens with zero attached hydrogens (tertiary/aromatic N) is 1. The summed E-state index contributed by atoms with van der Waals surface area (Å²) in [7, 11) is -1.76. The molecule has 7 heteroatoms. The number of sulfonamides is 1. The predicted molar refractivity (Wildman–Crippen MR) is 73.0 cm³/mol. The van der Waals surface area contributed by atoms with Crippen LogP contribution in [0.5, 0.6) is 0 Å². The molecule has 4 nitrogen and oxygen atoms in total. The minimum Gasteiger partial charge on any atom is -0.313 e. The molecule has 1 fully saturated rings. The van der Waals surface area contributed by atoms with Crippen LogP contribution in [0.1, 0.15) is 0 Å². The minimum atomic E-state index is -3.38. The Hall–Kier alpha value is -0.140. The summed E-state index contributed by atoms with van der Waals surface area (Å²) in [6, 6.07) is 6.94. The van der Waals surface area contributed by atoms with Gasteiger partial charge in [-0.05, 0) is 28.1 Å². The van der Waals surface area contributed by atoms with Gasteiger partial charge in [-0.1, -0.05) is 12.1 Å². The second kappa shape index (κ2) is 5.67. The maximum Gasteiger partial charge on any atom is 0.244 e. The Kier molecular flexibility index (Phi) is 4.97. The van der Waals surface area contributed by atoms with Gasteiger partial charge in [0.25, 0.3) is 0 Å². The summed E-state index contributed by atoms with van der Waals surface area (Å²) in [5.74, 6) is 0. The molecular weight excluding hydrogens is 328 g/mol. The van der Waals surface area contributed by atoms with Gasteiger partial charge in [0.15, 0.2) is 0 Å². The first-order valence-electron chi connectivity index (χ1n) is 4.97. The van der Waals surface area contributed by atoms with Gasteiger partial charge in [-0.25, -0.2) is 8.42 Å². The topological polar surface area (TPSA) is 49.4 Å². The second-order valence-electron chi connectivity index (χ2n) is 3.76. The van der Waals surface area contributed by atoms with E-state index >= 15 is 0 Å². The van der Waals surface area contributed by atoms with Crippen LogP contribution in [0.2, 0.25) is 0 Å². The van der Waals surface area contributed by atoms with Crippen LogP contribution in [-0.4, -0.2) is 38.9 Å². The highest BCUT2D eigenvalue weighted by Crippen LogP contribution is 2.25. The summed E-state index contributed by atoms with van der Waals surface area (Å²) in [6.45, 7) is 1.44. The fraction of sp³-hybridized carbons (Fsp3) is 0.400. The molecular formula is C10H14BrClN2O2S. The maximum absolute atomic E-state index is 12.3. The minimum absolute atomic E-state index is 0. The molecule has 96 valence electrons. The van der Waals surface area contributed by atoms with Crippen LogP contribution in [0.4, 0.5) is 0 Å². The fourth-order valence-corrected chi connectivity index (χ4v) is 3.85. The van der Waals surface area contributed by atoms with E-state index < -0.39 is 10.0 Å². The average molecular weight is 342 g/mol. The number of halogens is 2. The van der Waals surface area contributed by atoms with Crippen molar-refractivity contribution in [3.05, 3.63) is 28.7 Å². The lowest BCUT2D eigenvalue weighted by molar-refractivity contribution is 0.274. The van der Waals surface area contributed by atoms with Crippen LogP contribution in [-0.2, 0) is 10.0 Å². The molecule has 1 N–H and O–H groups in total. The van der Waals surface area contributed by atoms with E-state index in [1.807, 2.05) is 0 Å². The highest BCUT2D eigenvalue weighted by atomic mass is 79.9. The van der Waals surface area contributed by atoms with Crippen LogP contribution in [0.25, 0.3) is 0 Å². The Balaban J connectivity index is 0.00000144. The number of hydrogen-bond donors (Lipinski definition) is 1. The van der Waals surface area contributed by atoms with Gasteiger partial charge >= 0.3 is 0 Å². The monoisotopic (exact) mass is 340 g/mol. The van der Waals surface area contributed by atoms with Gasteiger partial charge in [-0.3, -0.25) is 0 Å². The van der Waals surface area contributed by atoms with Gasteiger partial charge < -0.3 is 5.32 Å². The molecule has 0 aliphatic carbocycles. The number of hydrogen-bond acceptors (Lipinski definition) is 3. The molecule has 0 amide bonds. The summed E-state index contributed by atoms with van der Waals surface area (Å²) in [5, 5.41) is 3.06. The number of likely N-dealkylation sites (N-methyl/N-ethyl adjacent to an activating group) is 1. The molecule has 1 heterocycles. The van der Waals surface area contributed by atoms with Gasteiger partial charge in [0.2, 0.25) is 10.0 Å². The molecule has 0 radical (unpaired) electrons. The van der Waals surface area contributed by atoms with Crippen LogP contribution < -0.4 is 5.32 Å². The standard InChI is InChI=1S/C10H13BrN2O2S.ClH/c1-13(8-6-12-7-8)16(14,15)10-5-3-2-4-9(10)11;/h2-5,8,12H,6-7H2,1H3;1H. The highest BCUT2D eigenvalue weighted by Gasteiger charge is 2.32. The lowest BCUT2D eigenvalue weighted by Gasteiger charge is -2.34. The second-order valence-corrected chi connectivity index (χ2v) is 6.58. The van der Waals surface area contributed by atoms with Crippen molar-refractivity contribution in [2.75, 3.05) is 20.1 Å². The lowest BCUT2D eigenvalue weighted by Crippen LogP contribution is -2.57. The third kappa shape index (κ3) is 2.82. The van der Waals surface area contributed by atoms with Crippen molar-refractivity contribution in [3.8, 4) is 0 Å². The Bertz CT molecular complexity index is 491. The van der Waals surface area contributed by atoms with Crippen molar-refractivity contribution in [1.29, 1.82) is 0 Å².